The van der Waals surface area contributed by atoms with Crippen LogP contribution in [0.15, 0.2) is 42.5 Å². The van der Waals surface area contributed by atoms with Crippen LogP contribution in [0.1, 0.15) is 5.56 Å². The van der Waals surface area contributed by atoms with E-state index in [1.807, 2.05) is 6.07 Å². The second-order valence-electron chi connectivity index (χ2n) is 4.42. The number of hydrogen-bond donors (Lipinski definition) is 0. The molecule has 1 aliphatic heterocycles. The highest BCUT2D eigenvalue weighted by atomic mass is 35.5. The van der Waals surface area contributed by atoms with Crippen LogP contribution in [-0.2, 0) is 4.79 Å². The van der Waals surface area contributed by atoms with Crippen molar-refractivity contribution in [3.63, 3.8) is 0 Å². The molecule has 1 heterocycles. The van der Waals surface area contributed by atoms with Crippen molar-refractivity contribution < 1.29 is 19.0 Å². The number of rotatable bonds is 3. The van der Waals surface area contributed by atoms with E-state index in [2.05, 4.69) is 0 Å². The van der Waals surface area contributed by atoms with Crippen molar-refractivity contribution in [3.05, 3.63) is 58.1 Å². The van der Waals surface area contributed by atoms with E-state index in [1.165, 1.54) is 6.08 Å². The summed E-state index contributed by atoms with van der Waals surface area (Å²) in [6.07, 6.45) is 2.91. The first kappa shape index (κ1) is 14.8. The fourth-order valence-electron chi connectivity index (χ4n) is 1.89. The minimum Gasteiger partial charge on any atom is -0.454 e. The molecule has 112 valence electrons. The van der Waals surface area contributed by atoms with Gasteiger partial charge in [0.05, 0.1) is 5.02 Å². The van der Waals surface area contributed by atoms with Gasteiger partial charge in [-0.2, -0.15) is 0 Å². The first-order valence-corrected chi connectivity index (χ1v) is 7.12. The summed E-state index contributed by atoms with van der Waals surface area (Å²) in [5.74, 6) is 0.996. The van der Waals surface area contributed by atoms with Gasteiger partial charge in [0, 0.05) is 6.08 Å². The third-order valence-electron chi connectivity index (χ3n) is 2.94. The van der Waals surface area contributed by atoms with Crippen molar-refractivity contribution in [2.75, 3.05) is 6.79 Å². The zero-order chi connectivity index (χ0) is 15.5. The Kier molecular flexibility index (Phi) is 4.22. The fraction of sp³-hybridized carbons (Fsp3) is 0.0625. The molecule has 4 nitrogen and oxygen atoms in total. The van der Waals surface area contributed by atoms with E-state index in [1.54, 1.807) is 36.4 Å². The van der Waals surface area contributed by atoms with Crippen LogP contribution >= 0.6 is 23.2 Å². The number of esters is 1. The molecule has 2 aromatic rings. The molecule has 0 unspecified atom stereocenters. The highest BCUT2D eigenvalue weighted by Crippen LogP contribution is 2.33. The zero-order valence-corrected chi connectivity index (χ0v) is 12.7. The van der Waals surface area contributed by atoms with Crippen LogP contribution in [0.5, 0.6) is 17.2 Å². The maximum absolute atomic E-state index is 11.8. The van der Waals surface area contributed by atoms with Gasteiger partial charge in [-0.1, -0.05) is 35.3 Å². The van der Waals surface area contributed by atoms with Crippen molar-refractivity contribution in [1.29, 1.82) is 0 Å². The van der Waals surface area contributed by atoms with E-state index < -0.39 is 5.97 Å². The molecule has 3 rings (SSSR count). The number of carbonyl (C=O) groups excluding carboxylic acids is 1. The lowest BCUT2D eigenvalue weighted by Gasteiger charge is -2.04. The van der Waals surface area contributed by atoms with Gasteiger partial charge < -0.3 is 14.2 Å². The molecule has 6 heteroatoms. The molecule has 0 saturated heterocycles. The maximum Gasteiger partial charge on any atom is 0.336 e. The van der Waals surface area contributed by atoms with Crippen LogP contribution in [0.25, 0.3) is 6.08 Å². The molecule has 2 aromatic carbocycles. The number of carbonyl (C=O) groups is 1. The zero-order valence-electron chi connectivity index (χ0n) is 11.2. The Morgan fingerprint density at radius 2 is 1.95 bits per heavy atom. The Balaban J connectivity index is 1.70. The summed E-state index contributed by atoms with van der Waals surface area (Å²) >= 11 is 11.8. The first-order chi connectivity index (χ1) is 10.6. The van der Waals surface area contributed by atoms with Crippen molar-refractivity contribution >= 4 is 35.2 Å². The Labute approximate surface area is 136 Å². The molecule has 0 N–H and O–H groups in total. The third kappa shape index (κ3) is 3.18. The number of hydrogen-bond acceptors (Lipinski definition) is 4. The highest BCUT2D eigenvalue weighted by Gasteiger charge is 2.12. The molecule has 0 fully saturated rings. The van der Waals surface area contributed by atoms with Crippen molar-refractivity contribution in [2.24, 2.45) is 0 Å². The molecule has 0 spiro atoms. The third-order valence-corrected chi connectivity index (χ3v) is 3.74. The largest absolute Gasteiger partial charge is 0.454 e. The lowest BCUT2D eigenvalue weighted by Crippen LogP contribution is -2.04. The standard InChI is InChI=1S/C16H10Cl2O4/c17-11-2-1-3-13(16(11)18)22-15(19)7-5-10-4-6-12-14(8-10)21-9-20-12/h1-8H,9H2. The second-order valence-corrected chi connectivity index (χ2v) is 5.20. The topological polar surface area (TPSA) is 44.8 Å². The Morgan fingerprint density at radius 1 is 1.14 bits per heavy atom. The highest BCUT2D eigenvalue weighted by molar-refractivity contribution is 6.43. The van der Waals surface area contributed by atoms with Crippen LogP contribution < -0.4 is 14.2 Å². The summed E-state index contributed by atoms with van der Waals surface area (Å²) in [6.45, 7) is 0.206. The van der Waals surface area contributed by atoms with Crippen LogP contribution in [0.2, 0.25) is 10.0 Å². The maximum atomic E-state index is 11.8. The molecular formula is C16H10Cl2O4. The van der Waals surface area contributed by atoms with E-state index >= 15 is 0 Å². The number of fused-ring (bicyclic) bond motifs is 1. The number of halogens is 2. The second kappa shape index (κ2) is 6.30. The summed E-state index contributed by atoms with van der Waals surface area (Å²) in [5, 5.41) is 0.528. The minimum absolute atomic E-state index is 0.203. The van der Waals surface area contributed by atoms with Gasteiger partial charge >= 0.3 is 5.97 Å². The van der Waals surface area contributed by atoms with Gasteiger partial charge in [0.15, 0.2) is 17.2 Å². The Bertz CT molecular complexity index is 756. The molecule has 0 aliphatic carbocycles. The van der Waals surface area contributed by atoms with E-state index in [0.29, 0.717) is 16.5 Å². The molecule has 22 heavy (non-hydrogen) atoms. The van der Waals surface area contributed by atoms with Gasteiger partial charge in [-0.15, -0.1) is 0 Å². The lowest BCUT2D eigenvalue weighted by atomic mass is 10.2. The number of benzene rings is 2. The SMILES string of the molecule is O=C(C=Cc1ccc2c(c1)OCO2)Oc1cccc(Cl)c1Cl. The number of ether oxygens (including phenoxy) is 3. The van der Waals surface area contributed by atoms with E-state index in [-0.39, 0.29) is 17.6 Å². The molecule has 0 aromatic heterocycles. The molecule has 0 bridgehead atoms. The van der Waals surface area contributed by atoms with Crippen molar-refractivity contribution in [1.82, 2.24) is 0 Å². The summed E-state index contributed by atoms with van der Waals surface area (Å²) < 4.78 is 15.6. The molecule has 0 amide bonds. The van der Waals surface area contributed by atoms with Gasteiger partial charge in [0.2, 0.25) is 6.79 Å². The predicted octanol–water partition coefficient (Wildman–Crippen LogP) is 4.34. The van der Waals surface area contributed by atoms with Crippen LogP contribution in [0.3, 0.4) is 0 Å². The van der Waals surface area contributed by atoms with Gasteiger partial charge in [-0.25, -0.2) is 4.79 Å². The summed E-state index contributed by atoms with van der Waals surface area (Å²) in [7, 11) is 0. The van der Waals surface area contributed by atoms with Crippen molar-refractivity contribution in [3.8, 4) is 17.2 Å². The van der Waals surface area contributed by atoms with Crippen molar-refractivity contribution in [2.45, 2.75) is 0 Å². The normalized spacial score (nSPS) is 12.6. The summed E-state index contributed by atoms with van der Waals surface area (Å²) in [6, 6.07) is 10.2. The Morgan fingerprint density at radius 3 is 2.82 bits per heavy atom. The van der Waals surface area contributed by atoms with Gasteiger partial charge in [0.25, 0.3) is 0 Å². The average molecular weight is 337 g/mol. The molecule has 0 atom stereocenters. The predicted molar refractivity (Wildman–Crippen MR) is 83.7 cm³/mol. The minimum atomic E-state index is -0.554. The van der Waals surface area contributed by atoms with Gasteiger partial charge in [-0.3, -0.25) is 0 Å². The smallest absolute Gasteiger partial charge is 0.336 e. The molecule has 1 aliphatic rings. The van der Waals surface area contributed by atoms with Gasteiger partial charge in [0.1, 0.15) is 5.02 Å². The monoisotopic (exact) mass is 336 g/mol. The van der Waals surface area contributed by atoms with Gasteiger partial charge in [-0.05, 0) is 35.9 Å². The summed E-state index contributed by atoms with van der Waals surface area (Å²) in [4.78, 5) is 11.8. The fourth-order valence-corrected chi connectivity index (χ4v) is 2.22. The van der Waals surface area contributed by atoms with E-state index in [4.69, 9.17) is 37.4 Å². The van der Waals surface area contributed by atoms with E-state index in [9.17, 15) is 4.79 Å². The average Bonchev–Trinajstić information content (AvgIpc) is 2.97. The molecule has 0 radical (unpaired) electrons. The van der Waals surface area contributed by atoms with Crippen LogP contribution in [-0.4, -0.2) is 12.8 Å². The first-order valence-electron chi connectivity index (χ1n) is 6.37. The molecular weight excluding hydrogens is 327 g/mol. The quantitative estimate of drug-likeness (QED) is 0.475. The summed E-state index contributed by atoms with van der Waals surface area (Å²) in [5.41, 5.74) is 0.790. The van der Waals surface area contributed by atoms with Crippen LogP contribution in [0.4, 0.5) is 0 Å². The van der Waals surface area contributed by atoms with Crippen LogP contribution in [0, 0.1) is 0 Å². The Hall–Kier alpha value is -2.17. The molecule has 0 saturated carbocycles. The lowest BCUT2D eigenvalue weighted by molar-refractivity contribution is -0.128. The van der Waals surface area contributed by atoms with E-state index in [0.717, 1.165) is 5.56 Å².